The van der Waals surface area contributed by atoms with Gasteiger partial charge in [-0.05, 0) is 47.5 Å². The maximum atomic E-state index is 12.4. The second-order valence-corrected chi connectivity index (χ2v) is 7.82. The van der Waals surface area contributed by atoms with Crippen molar-refractivity contribution in [3.05, 3.63) is 92.0 Å². The maximum Gasteiger partial charge on any atom is 0.269 e. The van der Waals surface area contributed by atoms with Crippen LogP contribution in [0, 0.1) is 20.2 Å². The molecule has 0 aromatic heterocycles. The van der Waals surface area contributed by atoms with Gasteiger partial charge >= 0.3 is 0 Å². The summed E-state index contributed by atoms with van der Waals surface area (Å²) in [6.07, 6.45) is 6.08. The number of hydrogen-bond acceptors (Lipinski definition) is 7. The van der Waals surface area contributed by atoms with Crippen LogP contribution in [0.15, 0.2) is 60.7 Å². The first-order valence-corrected chi connectivity index (χ1v) is 11.0. The zero-order valence-electron chi connectivity index (χ0n) is 18.9. The molecule has 0 radical (unpaired) electrons. The van der Waals surface area contributed by atoms with Gasteiger partial charge in [0.1, 0.15) is 0 Å². The number of nitrogens with one attached hydrogen (secondary N) is 1. The Hall–Kier alpha value is -4.38. The lowest BCUT2D eigenvalue weighted by Gasteiger charge is -2.34. The molecule has 0 bridgehead atoms. The summed E-state index contributed by atoms with van der Waals surface area (Å²) in [6.45, 7) is 3.61. The molecule has 0 unspecified atom stereocenters. The summed E-state index contributed by atoms with van der Waals surface area (Å²) >= 11 is 0. The zero-order valence-corrected chi connectivity index (χ0v) is 18.9. The predicted octanol–water partition coefficient (Wildman–Crippen LogP) is 2.49. The van der Waals surface area contributed by atoms with Crippen LogP contribution in [-0.4, -0.2) is 70.7 Å². The minimum atomic E-state index is -0.478. The Morgan fingerprint density at radius 1 is 0.800 bits per heavy atom. The molecule has 11 heteroatoms. The van der Waals surface area contributed by atoms with E-state index in [9.17, 15) is 29.8 Å². The van der Waals surface area contributed by atoms with Gasteiger partial charge in [-0.1, -0.05) is 0 Å². The van der Waals surface area contributed by atoms with Crippen LogP contribution < -0.4 is 5.32 Å². The highest BCUT2D eigenvalue weighted by molar-refractivity contribution is 5.92. The standard InChI is InChI=1S/C24H25N5O6/c30-23(11-5-19-1-7-21(8-2-19)28(32)33)25-13-14-26-15-17-27(18-16-26)24(31)12-6-20-3-9-22(10-4-20)29(34)35/h1-12H,13-18H2,(H,25,30). The van der Waals surface area contributed by atoms with Crippen molar-refractivity contribution in [2.24, 2.45) is 0 Å². The third kappa shape index (κ3) is 7.86. The van der Waals surface area contributed by atoms with Gasteiger partial charge in [-0.3, -0.25) is 34.7 Å². The molecular weight excluding hydrogens is 454 g/mol. The van der Waals surface area contributed by atoms with Crippen molar-refractivity contribution in [3.63, 3.8) is 0 Å². The van der Waals surface area contributed by atoms with E-state index < -0.39 is 9.85 Å². The molecule has 182 valence electrons. The fourth-order valence-corrected chi connectivity index (χ4v) is 3.45. The van der Waals surface area contributed by atoms with Crippen molar-refractivity contribution in [3.8, 4) is 0 Å². The first kappa shape index (κ1) is 25.2. The number of hydrogen-bond donors (Lipinski definition) is 1. The molecule has 0 aliphatic carbocycles. The molecule has 1 saturated heterocycles. The summed E-state index contributed by atoms with van der Waals surface area (Å²) in [5, 5.41) is 24.2. The third-order valence-corrected chi connectivity index (χ3v) is 5.46. The molecule has 1 fully saturated rings. The molecule has 2 aromatic carbocycles. The number of carbonyl (C=O) groups is 2. The molecule has 3 rings (SSSR count). The summed E-state index contributed by atoms with van der Waals surface area (Å²) < 4.78 is 0. The molecule has 2 amide bonds. The number of nitrogens with zero attached hydrogens (tertiary/aromatic N) is 4. The highest BCUT2D eigenvalue weighted by atomic mass is 16.6. The second-order valence-electron chi connectivity index (χ2n) is 7.82. The summed E-state index contributed by atoms with van der Waals surface area (Å²) in [5.74, 6) is -0.374. The van der Waals surface area contributed by atoms with E-state index in [-0.39, 0.29) is 23.2 Å². The molecule has 0 atom stereocenters. The number of piperazine rings is 1. The fourth-order valence-electron chi connectivity index (χ4n) is 3.45. The van der Waals surface area contributed by atoms with E-state index in [1.54, 1.807) is 41.3 Å². The van der Waals surface area contributed by atoms with Crippen LogP contribution in [0.4, 0.5) is 11.4 Å². The van der Waals surface area contributed by atoms with E-state index >= 15 is 0 Å². The van der Waals surface area contributed by atoms with Crippen molar-refractivity contribution in [2.75, 3.05) is 39.3 Å². The Bertz CT molecular complexity index is 1120. The number of benzene rings is 2. The molecule has 1 aliphatic heterocycles. The van der Waals surface area contributed by atoms with Gasteiger partial charge < -0.3 is 10.2 Å². The second kappa shape index (κ2) is 12.2. The fraction of sp³-hybridized carbons (Fsp3) is 0.250. The van der Waals surface area contributed by atoms with E-state index in [0.717, 1.165) is 0 Å². The van der Waals surface area contributed by atoms with E-state index in [4.69, 9.17) is 0 Å². The van der Waals surface area contributed by atoms with E-state index in [2.05, 4.69) is 10.2 Å². The number of nitro groups is 2. The van der Waals surface area contributed by atoms with Crippen LogP contribution in [0.5, 0.6) is 0 Å². The first-order chi connectivity index (χ1) is 16.8. The van der Waals surface area contributed by atoms with Crippen LogP contribution in [0.25, 0.3) is 12.2 Å². The van der Waals surface area contributed by atoms with Gasteiger partial charge in [-0.15, -0.1) is 0 Å². The Labute approximate surface area is 201 Å². The molecule has 1 aliphatic rings. The van der Waals surface area contributed by atoms with E-state index in [0.29, 0.717) is 50.4 Å². The van der Waals surface area contributed by atoms with Crippen LogP contribution >= 0.6 is 0 Å². The molecule has 11 nitrogen and oxygen atoms in total. The Kier molecular flexibility index (Phi) is 8.79. The molecule has 1 heterocycles. The highest BCUT2D eigenvalue weighted by Crippen LogP contribution is 2.14. The van der Waals surface area contributed by atoms with Gasteiger partial charge in [0, 0.05) is 75.7 Å². The smallest absolute Gasteiger partial charge is 0.269 e. The Balaban J connectivity index is 1.35. The Morgan fingerprint density at radius 3 is 1.77 bits per heavy atom. The van der Waals surface area contributed by atoms with Crippen molar-refractivity contribution >= 4 is 35.3 Å². The van der Waals surface area contributed by atoms with Gasteiger partial charge in [0.25, 0.3) is 11.4 Å². The van der Waals surface area contributed by atoms with Gasteiger partial charge in [-0.25, -0.2) is 0 Å². The normalized spacial score (nSPS) is 14.3. The number of carbonyl (C=O) groups excluding carboxylic acids is 2. The summed E-state index contributed by atoms with van der Waals surface area (Å²) in [5.41, 5.74) is 1.39. The van der Waals surface area contributed by atoms with Crippen molar-refractivity contribution in [1.29, 1.82) is 0 Å². The summed E-state index contributed by atoms with van der Waals surface area (Å²) in [7, 11) is 0. The number of nitro benzene ring substituents is 2. The van der Waals surface area contributed by atoms with Gasteiger partial charge in [-0.2, -0.15) is 0 Å². The van der Waals surface area contributed by atoms with Gasteiger partial charge in [0.15, 0.2) is 0 Å². The monoisotopic (exact) mass is 479 g/mol. The lowest BCUT2D eigenvalue weighted by atomic mass is 10.2. The molecule has 1 N–H and O–H groups in total. The average Bonchev–Trinajstić information content (AvgIpc) is 2.87. The van der Waals surface area contributed by atoms with Crippen LogP contribution in [-0.2, 0) is 9.59 Å². The maximum absolute atomic E-state index is 12.4. The predicted molar refractivity (Wildman–Crippen MR) is 130 cm³/mol. The largest absolute Gasteiger partial charge is 0.351 e. The van der Waals surface area contributed by atoms with Crippen molar-refractivity contribution in [2.45, 2.75) is 0 Å². The Morgan fingerprint density at radius 2 is 1.29 bits per heavy atom. The third-order valence-electron chi connectivity index (χ3n) is 5.46. The number of non-ortho nitro benzene ring substituents is 2. The highest BCUT2D eigenvalue weighted by Gasteiger charge is 2.19. The van der Waals surface area contributed by atoms with E-state index in [1.165, 1.54) is 36.4 Å². The molecule has 2 aromatic rings. The number of amides is 2. The lowest BCUT2D eigenvalue weighted by molar-refractivity contribution is -0.385. The number of rotatable bonds is 9. The molecule has 35 heavy (non-hydrogen) atoms. The van der Waals surface area contributed by atoms with Crippen molar-refractivity contribution < 1.29 is 19.4 Å². The quantitative estimate of drug-likeness (QED) is 0.331. The van der Waals surface area contributed by atoms with Crippen molar-refractivity contribution in [1.82, 2.24) is 15.1 Å². The van der Waals surface area contributed by atoms with Gasteiger partial charge in [0.2, 0.25) is 11.8 Å². The zero-order chi connectivity index (χ0) is 25.2. The summed E-state index contributed by atoms with van der Waals surface area (Å²) in [4.78, 5) is 48.7. The van der Waals surface area contributed by atoms with E-state index in [1.807, 2.05) is 0 Å². The minimum Gasteiger partial charge on any atom is -0.351 e. The molecule has 0 spiro atoms. The van der Waals surface area contributed by atoms with Crippen LogP contribution in [0.1, 0.15) is 11.1 Å². The topological polar surface area (TPSA) is 139 Å². The van der Waals surface area contributed by atoms with Crippen LogP contribution in [0.2, 0.25) is 0 Å². The van der Waals surface area contributed by atoms with Crippen LogP contribution in [0.3, 0.4) is 0 Å². The average molecular weight is 479 g/mol. The first-order valence-electron chi connectivity index (χ1n) is 11.0. The SMILES string of the molecule is O=C(C=Cc1ccc([N+](=O)[O-])cc1)NCCN1CCN(C(=O)C=Cc2ccc([N+](=O)[O-])cc2)CC1. The summed E-state index contributed by atoms with van der Waals surface area (Å²) in [6, 6.07) is 11.9. The molecular formula is C24H25N5O6. The minimum absolute atomic E-state index is 0.00120. The molecule has 0 saturated carbocycles. The lowest BCUT2D eigenvalue weighted by Crippen LogP contribution is -2.49. The van der Waals surface area contributed by atoms with Gasteiger partial charge in [0.05, 0.1) is 9.85 Å².